The van der Waals surface area contributed by atoms with Gasteiger partial charge in [-0.2, -0.15) is 5.26 Å². The van der Waals surface area contributed by atoms with Crippen molar-refractivity contribution in [2.75, 3.05) is 11.9 Å². The Hall–Kier alpha value is -3.64. The molecular weight excluding hydrogens is 354 g/mol. The van der Waals surface area contributed by atoms with Crippen molar-refractivity contribution >= 4 is 28.3 Å². The summed E-state index contributed by atoms with van der Waals surface area (Å²) >= 11 is 1.24. The number of carbonyl (C=O) groups excluding carboxylic acids is 2. The summed E-state index contributed by atoms with van der Waals surface area (Å²) in [6.45, 7) is -0.246. The van der Waals surface area contributed by atoms with Crippen molar-refractivity contribution in [2.45, 2.75) is 0 Å². The number of aromatic nitrogens is 2. The number of para-hydroxylation sites is 1. The molecule has 2 aromatic heterocycles. The molecule has 1 aromatic carbocycles. The highest BCUT2D eigenvalue weighted by atomic mass is 32.1. The Bertz CT molecular complexity index is 1000. The van der Waals surface area contributed by atoms with Gasteiger partial charge in [-0.15, -0.1) is 11.3 Å². The number of nitrogens with one attached hydrogen (secondary N) is 2. The number of nitriles is 1. The van der Waals surface area contributed by atoms with Crippen molar-refractivity contribution in [2.24, 2.45) is 5.73 Å². The van der Waals surface area contributed by atoms with Crippen LogP contribution >= 0.6 is 11.3 Å². The number of thiazole rings is 1. The number of anilines is 1. The largest absolute Gasteiger partial charge is 0.482 e. The zero-order valence-electron chi connectivity index (χ0n) is 13.4. The summed E-state index contributed by atoms with van der Waals surface area (Å²) in [5.41, 5.74) is 7.13. The van der Waals surface area contributed by atoms with E-state index in [2.05, 4.69) is 15.3 Å². The van der Waals surface area contributed by atoms with Crippen LogP contribution in [0.3, 0.4) is 0 Å². The molecule has 130 valence electrons. The first kappa shape index (κ1) is 17.2. The summed E-state index contributed by atoms with van der Waals surface area (Å²) < 4.78 is 5.37. The standard InChI is InChI=1S/C17H13N5O3S/c18-6-10-3-1-2-4-14(10)25-8-15(23)22-17-21-13(9-26-17)11-5-12(16(19)24)20-7-11/h1-5,7,9,20H,8H2,(H2,19,24)(H,21,22,23). The Balaban J connectivity index is 1.61. The minimum Gasteiger partial charge on any atom is -0.482 e. The highest BCUT2D eigenvalue weighted by molar-refractivity contribution is 7.14. The molecule has 2 heterocycles. The van der Waals surface area contributed by atoms with Gasteiger partial charge in [-0.05, 0) is 18.2 Å². The Labute approximate surface area is 152 Å². The fourth-order valence-electron chi connectivity index (χ4n) is 2.13. The number of ether oxygens (including phenoxy) is 1. The summed E-state index contributed by atoms with van der Waals surface area (Å²) in [5.74, 6) is -0.614. The van der Waals surface area contributed by atoms with Gasteiger partial charge in [0.05, 0.1) is 11.3 Å². The first-order chi connectivity index (χ1) is 12.6. The summed E-state index contributed by atoms with van der Waals surface area (Å²) in [5, 5.41) is 13.8. The van der Waals surface area contributed by atoms with Gasteiger partial charge in [0.15, 0.2) is 11.7 Å². The van der Waals surface area contributed by atoms with Crippen LogP contribution in [0.5, 0.6) is 5.75 Å². The van der Waals surface area contributed by atoms with Gasteiger partial charge in [0, 0.05) is 17.1 Å². The molecule has 0 bridgehead atoms. The number of carbonyl (C=O) groups is 2. The molecule has 3 aromatic rings. The highest BCUT2D eigenvalue weighted by Gasteiger charge is 2.12. The van der Waals surface area contributed by atoms with E-state index in [9.17, 15) is 9.59 Å². The lowest BCUT2D eigenvalue weighted by atomic mass is 10.2. The normalized spacial score (nSPS) is 10.1. The fourth-order valence-corrected chi connectivity index (χ4v) is 2.87. The topological polar surface area (TPSA) is 134 Å². The van der Waals surface area contributed by atoms with E-state index in [4.69, 9.17) is 15.7 Å². The first-order valence-corrected chi connectivity index (χ1v) is 8.30. The van der Waals surface area contributed by atoms with Gasteiger partial charge in [0.1, 0.15) is 17.5 Å². The molecule has 0 radical (unpaired) electrons. The zero-order valence-corrected chi connectivity index (χ0v) is 14.2. The summed E-state index contributed by atoms with van der Waals surface area (Å²) in [4.78, 5) is 30.2. The Morgan fingerprint density at radius 3 is 2.92 bits per heavy atom. The number of primary amides is 1. The molecule has 9 heteroatoms. The number of benzene rings is 1. The zero-order chi connectivity index (χ0) is 18.5. The van der Waals surface area contributed by atoms with E-state index in [-0.39, 0.29) is 12.3 Å². The van der Waals surface area contributed by atoms with Gasteiger partial charge in [0.25, 0.3) is 11.8 Å². The molecule has 4 N–H and O–H groups in total. The molecule has 0 aliphatic carbocycles. The van der Waals surface area contributed by atoms with Crippen LogP contribution in [0.15, 0.2) is 41.9 Å². The molecule has 0 aliphatic rings. The van der Waals surface area contributed by atoms with Gasteiger partial charge >= 0.3 is 0 Å². The third-order valence-corrected chi connectivity index (χ3v) is 4.12. The Kier molecular flexibility index (Phi) is 4.96. The van der Waals surface area contributed by atoms with Crippen molar-refractivity contribution in [3.63, 3.8) is 0 Å². The maximum atomic E-state index is 12.0. The predicted octanol–water partition coefficient (Wildman–Crippen LogP) is 2.13. The minimum absolute atomic E-state index is 0.246. The van der Waals surface area contributed by atoms with E-state index in [0.717, 1.165) is 0 Å². The van der Waals surface area contributed by atoms with E-state index in [1.807, 2.05) is 6.07 Å². The molecule has 0 atom stereocenters. The molecule has 0 spiro atoms. The van der Waals surface area contributed by atoms with Crippen LogP contribution in [-0.2, 0) is 4.79 Å². The third kappa shape index (κ3) is 3.88. The average molecular weight is 367 g/mol. The number of amides is 2. The second-order valence-corrected chi connectivity index (χ2v) is 6.01. The SMILES string of the molecule is N#Cc1ccccc1OCC(=O)Nc1nc(-c2c[nH]c(C(N)=O)c2)cs1. The van der Waals surface area contributed by atoms with E-state index < -0.39 is 11.8 Å². The second kappa shape index (κ2) is 7.50. The van der Waals surface area contributed by atoms with Crippen LogP contribution in [0.2, 0.25) is 0 Å². The Morgan fingerprint density at radius 1 is 1.38 bits per heavy atom. The quantitative estimate of drug-likeness (QED) is 0.613. The Morgan fingerprint density at radius 2 is 2.19 bits per heavy atom. The third-order valence-electron chi connectivity index (χ3n) is 3.36. The van der Waals surface area contributed by atoms with Crippen molar-refractivity contribution < 1.29 is 14.3 Å². The number of hydrogen-bond acceptors (Lipinski definition) is 6. The van der Waals surface area contributed by atoms with E-state index in [0.29, 0.717) is 27.7 Å². The number of nitrogens with two attached hydrogens (primary N) is 1. The summed E-state index contributed by atoms with van der Waals surface area (Å²) in [7, 11) is 0. The van der Waals surface area contributed by atoms with Crippen molar-refractivity contribution in [3.05, 3.63) is 53.2 Å². The number of aromatic amines is 1. The molecular formula is C17H13N5O3S. The van der Waals surface area contributed by atoms with Crippen molar-refractivity contribution in [3.8, 4) is 23.1 Å². The van der Waals surface area contributed by atoms with E-state index in [1.165, 1.54) is 11.3 Å². The van der Waals surface area contributed by atoms with Gasteiger partial charge < -0.3 is 15.5 Å². The van der Waals surface area contributed by atoms with Crippen LogP contribution in [0.4, 0.5) is 5.13 Å². The van der Waals surface area contributed by atoms with E-state index >= 15 is 0 Å². The smallest absolute Gasteiger partial charge is 0.265 e. The maximum Gasteiger partial charge on any atom is 0.265 e. The summed E-state index contributed by atoms with van der Waals surface area (Å²) in [6.07, 6.45) is 1.61. The lowest BCUT2D eigenvalue weighted by molar-refractivity contribution is -0.118. The lowest BCUT2D eigenvalue weighted by Crippen LogP contribution is -2.20. The molecule has 26 heavy (non-hydrogen) atoms. The van der Waals surface area contributed by atoms with Gasteiger partial charge in [-0.25, -0.2) is 4.98 Å². The van der Waals surface area contributed by atoms with Gasteiger partial charge in [-0.3, -0.25) is 14.9 Å². The lowest BCUT2D eigenvalue weighted by Gasteiger charge is -2.06. The summed E-state index contributed by atoms with van der Waals surface area (Å²) in [6, 6.07) is 10.3. The molecule has 3 rings (SSSR count). The molecule has 0 fully saturated rings. The fraction of sp³-hybridized carbons (Fsp3) is 0.0588. The van der Waals surface area contributed by atoms with Gasteiger partial charge in [0.2, 0.25) is 0 Å². The predicted molar refractivity (Wildman–Crippen MR) is 95.7 cm³/mol. The molecule has 0 unspecified atom stereocenters. The number of rotatable bonds is 6. The number of nitrogens with zero attached hydrogens (tertiary/aromatic N) is 2. The maximum absolute atomic E-state index is 12.0. The highest BCUT2D eigenvalue weighted by Crippen LogP contribution is 2.25. The van der Waals surface area contributed by atoms with Crippen molar-refractivity contribution in [1.29, 1.82) is 5.26 Å². The van der Waals surface area contributed by atoms with Crippen LogP contribution in [-0.4, -0.2) is 28.4 Å². The molecule has 8 nitrogen and oxygen atoms in total. The first-order valence-electron chi connectivity index (χ1n) is 7.42. The van der Waals surface area contributed by atoms with E-state index in [1.54, 1.807) is 41.9 Å². The van der Waals surface area contributed by atoms with Crippen LogP contribution in [0.25, 0.3) is 11.3 Å². The second-order valence-electron chi connectivity index (χ2n) is 5.15. The van der Waals surface area contributed by atoms with Crippen molar-refractivity contribution in [1.82, 2.24) is 9.97 Å². The molecule has 0 aliphatic heterocycles. The van der Waals surface area contributed by atoms with Crippen LogP contribution < -0.4 is 15.8 Å². The molecule has 0 saturated heterocycles. The number of hydrogen-bond donors (Lipinski definition) is 3. The monoisotopic (exact) mass is 367 g/mol. The molecule has 2 amide bonds. The van der Waals surface area contributed by atoms with Crippen LogP contribution in [0, 0.1) is 11.3 Å². The molecule has 0 saturated carbocycles. The minimum atomic E-state index is -0.560. The average Bonchev–Trinajstić information content (AvgIpc) is 3.29. The number of H-pyrrole nitrogens is 1. The van der Waals surface area contributed by atoms with Gasteiger partial charge in [-0.1, -0.05) is 12.1 Å². The van der Waals surface area contributed by atoms with Crippen LogP contribution in [0.1, 0.15) is 16.1 Å².